The van der Waals surface area contributed by atoms with Gasteiger partial charge < -0.3 is 19.1 Å². The molecule has 3 aromatic rings. The summed E-state index contributed by atoms with van der Waals surface area (Å²) in [7, 11) is 1.40. The van der Waals surface area contributed by atoms with Crippen molar-refractivity contribution < 1.29 is 19.0 Å². The third kappa shape index (κ3) is 3.83. The molecule has 2 aliphatic rings. The monoisotopic (exact) mass is 474 g/mol. The molecule has 0 spiro atoms. The quantitative estimate of drug-likeness (QED) is 0.320. The summed E-state index contributed by atoms with van der Waals surface area (Å²) in [6.45, 7) is 9.64. The molecule has 2 aliphatic heterocycles. The van der Waals surface area contributed by atoms with Crippen LogP contribution in [0.15, 0.2) is 11.4 Å². The smallest absolute Gasteiger partial charge is 0.318 e. The number of rotatable bonds is 4. The predicted molar refractivity (Wildman–Crippen MR) is 126 cm³/mol. The Morgan fingerprint density at radius 2 is 2.06 bits per heavy atom. The van der Waals surface area contributed by atoms with E-state index in [0.29, 0.717) is 19.8 Å². The first kappa shape index (κ1) is 21.8. The van der Waals surface area contributed by atoms with Crippen molar-refractivity contribution in [1.29, 1.82) is 0 Å². The van der Waals surface area contributed by atoms with Crippen LogP contribution in [0.5, 0.6) is 0 Å². The number of hydrogen-bond acceptors (Lipinski definition) is 10. The van der Waals surface area contributed by atoms with Crippen LogP contribution in [-0.4, -0.2) is 65.2 Å². The van der Waals surface area contributed by atoms with Crippen LogP contribution in [0.2, 0.25) is 0 Å². The van der Waals surface area contributed by atoms with Crippen molar-refractivity contribution >= 4 is 55.3 Å². The van der Waals surface area contributed by atoms with Crippen molar-refractivity contribution in [3.8, 4) is 0 Å². The zero-order chi connectivity index (χ0) is 22.5. The molecule has 0 amide bonds. The predicted octanol–water partition coefficient (Wildman–Crippen LogP) is 3.58. The molecule has 5 rings (SSSR count). The number of hydrogen-bond donors (Lipinski definition) is 0. The Morgan fingerprint density at radius 3 is 2.81 bits per heavy atom. The summed E-state index contributed by atoms with van der Waals surface area (Å²) in [6.07, 6.45) is 2.36. The van der Waals surface area contributed by atoms with Gasteiger partial charge in [-0.3, -0.25) is 4.79 Å². The lowest BCUT2D eigenvalue weighted by Gasteiger charge is -2.36. The molecule has 3 aromatic heterocycles. The third-order valence-electron chi connectivity index (χ3n) is 5.91. The summed E-state index contributed by atoms with van der Waals surface area (Å²) in [5.74, 6) is 0.717. The van der Waals surface area contributed by atoms with Gasteiger partial charge in [0, 0.05) is 30.5 Å². The maximum absolute atomic E-state index is 12.0. The molecular weight excluding hydrogens is 448 g/mol. The van der Waals surface area contributed by atoms with Crippen LogP contribution in [0.3, 0.4) is 0 Å². The number of morpholine rings is 1. The number of thiophene rings is 1. The van der Waals surface area contributed by atoms with E-state index in [0.717, 1.165) is 56.4 Å². The normalized spacial score (nSPS) is 19.2. The standard InChI is InChI=1S/C22H26N4O4S2/c1-12(21(27)28-4)31-20-17-16(23-11-24-20)15-13-9-22(2,3)30-10-14(13)18(25-19(15)32-17)26-5-7-29-8-6-26/h11-12H,5-10H2,1-4H3/t12-/m0/s1. The molecule has 0 saturated carbocycles. The van der Waals surface area contributed by atoms with Crippen LogP contribution in [0.25, 0.3) is 20.4 Å². The van der Waals surface area contributed by atoms with Gasteiger partial charge in [0.2, 0.25) is 0 Å². The largest absolute Gasteiger partial charge is 0.468 e. The van der Waals surface area contributed by atoms with E-state index in [1.165, 1.54) is 24.4 Å². The molecule has 8 nitrogen and oxygen atoms in total. The molecule has 0 aromatic carbocycles. The van der Waals surface area contributed by atoms with Gasteiger partial charge in [0.25, 0.3) is 0 Å². The lowest BCUT2D eigenvalue weighted by Crippen LogP contribution is -2.39. The molecule has 10 heteroatoms. The lowest BCUT2D eigenvalue weighted by atomic mass is 9.90. The number of aromatic nitrogens is 3. The third-order valence-corrected chi connectivity index (χ3v) is 8.19. The number of fused-ring (bicyclic) bond motifs is 5. The summed E-state index contributed by atoms with van der Waals surface area (Å²) >= 11 is 2.99. The Hall–Kier alpha value is -2.01. The zero-order valence-corrected chi connectivity index (χ0v) is 20.3. The highest BCUT2D eigenvalue weighted by Crippen LogP contribution is 2.44. The average Bonchev–Trinajstić information content (AvgIpc) is 3.17. The second-order valence-corrected chi connectivity index (χ2v) is 11.0. The average molecular weight is 475 g/mol. The number of thioether (sulfide) groups is 1. The van der Waals surface area contributed by atoms with Crippen LogP contribution in [0.4, 0.5) is 5.82 Å². The Bertz CT molecular complexity index is 1190. The SMILES string of the molecule is COC(=O)[C@H](C)Sc1ncnc2c1sc1nc(N3CCOCC3)c3c(c12)CC(C)(C)OC3. The Kier molecular flexibility index (Phi) is 5.73. The fourth-order valence-corrected chi connectivity index (χ4v) is 6.42. The summed E-state index contributed by atoms with van der Waals surface area (Å²) < 4.78 is 17.6. The second kappa shape index (κ2) is 8.40. The van der Waals surface area contributed by atoms with E-state index < -0.39 is 0 Å². The van der Waals surface area contributed by atoms with Crippen LogP contribution in [0, 0.1) is 0 Å². The van der Waals surface area contributed by atoms with Crippen LogP contribution >= 0.6 is 23.1 Å². The molecule has 170 valence electrons. The minimum absolute atomic E-state index is 0.262. The maximum atomic E-state index is 12.0. The van der Waals surface area contributed by atoms with E-state index in [2.05, 4.69) is 28.7 Å². The number of anilines is 1. The van der Waals surface area contributed by atoms with Crippen molar-refractivity contribution in [2.75, 3.05) is 38.3 Å². The maximum Gasteiger partial charge on any atom is 0.318 e. The zero-order valence-electron chi connectivity index (χ0n) is 18.6. The van der Waals surface area contributed by atoms with Crippen LogP contribution < -0.4 is 4.90 Å². The second-order valence-electron chi connectivity index (χ2n) is 8.64. The Morgan fingerprint density at radius 1 is 1.28 bits per heavy atom. The number of esters is 1. The number of nitrogens with zero attached hydrogens (tertiary/aromatic N) is 4. The number of ether oxygens (including phenoxy) is 3. The summed E-state index contributed by atoms with van der Waals surface area (Å²) in [5, 5.41) is 1.51. The molecule has 0 unspecified atom stereocenters. The van der Waals surface area contributed by atoms with Gasteiger partial charge in [0.1, 0.15) is 27.3 Å². The molecular formula is C22H26N4O4S2. The van der Waals surface area contributed by atoms with Crippen LogP contribution in [-0.2, 0) is 32.0 Å². The molecule has 32 heavy (non-hydrogen) atoms. The number of carbonyl (C=O) groups excluding carboxylic acids is 1. The van der Waals surface area contributed by atoms with E-state index >= 15 is 0 Å². The van der Waals surface area contributed by atoms with Gasteiger partial charge in [-0.1, -0.05) is 11.8 Å². The van der Waals surface area contributed by atoms with Gasteiger partial charge in [-0.25, -0.2) is 15.0 Å². The van der Waals surface area contributed by atoms with Gasteiger partial charge >= 0.3 is 5.97 Å². The molecule has 5 heterocycles. The fraction of sp³-hybridized carbons (Fsp3) is 0.545. The van der Waals surface area contributed by atoms with Gasteiger partial charge in [-0.05, 0) is 26.3 Å². The van der Waals surface area contributed by atoms with Crippen molar-refractivity contribution in [2.45, 2.75) is 49.7 Å². The fourth-order valence-electron chi connectivity index (χ4n) is 4.27. The summed E-state index contributed by atoms with van der Waals surface area (Å²) in [4.78, 5) is 29.5. The summed E-state index contributed by atoms with van der Waals surface area (Å²) in [6, 6.07) is 0. The lowest BCUT2D eigenvalue weighted by molar-refractivity contribution is -0.139. The number of carbonyl (C=O) groups is 1. The molecule has 0 N–H and O–H groups in total. The molecule has 0 aliphatic carbocycles. The topological polar surface area (TPSA) is 86.7 Å². The van der Waals surface area contributed by atoms with E-state index in [9.17, 15) is 4.79 Å². The summed E-state index contributed by atoms with van der Waals surface area (Å²) in [5.41, 5.74) is 3.04. The van der Waals surface area contributed by atoms with Crippen LogP contribution in [0.1, 0.15) is 31.9 Å². The molecule has 0 radical (unpaired) electrons. The Balaban J connectivity index is 1.70. The van der Waals surface area contributed by atoms with Gasteiger partial charge in [-0.2, -0.15) is 0 Å². The molecule has 1 fully saturated rings. The van der Waals surface area contributed by atoms with Gasteiger partial charge in [-0.15, -0.1) is 11.3 Å². The Labute approximate surface area is 194 Å². The van der Waals surface area contributed by atoms with Crippen molar-refractivity contribution in [3.05, 3.63) is 17.5 Å². The molecule has 1 atom stereocenters. The van der Waals surface area contributed by atoms with Crippen molar-refractivity contribution in [1.82, 2.24) is 15.0 Å². The van der Waals surface area contributed by atoms with Crippen molar-refractivity contribution in [3.63, 3.8) is 0 Å². The highest BCUT2D eigenvalue weighted by atomic mass is 32.2. The van der Waals surface area contributed by atoms with Gasteiger partial charge in [0.05, 0.1) is 42.7 Å². The van der Waals surface area contributed by atoms with E-state index in [4.69, 9.17) is 19.2 Å². The number of methoxy groups -OCH3 is 1. The first-order valence-electron chi connectivity index (χ1n) is 10.7. The molecule has 1 saturated heterocycles. The number of pyridine rings is 1. The minimum atomic E-state index is -0.360. The minimum Gasteiger partial charge on any atom is -0.468 e. The van der Waals surface area contributed by atoms with E-state index in [1.807, 2.05) is 6.92 Å². The van der Waals surface area contributed by atoms with Crippen molar-refractivity contribution in [2.24, 2.45) is 0 Å². The van der Waals surface area contributed by atoms with E-state index in [-0.39, 0.29) is 16.8 Å². The highest BCUT2D eigenvalue weighted by Gasteiger charge is 2.33. The first-order valence-corrected chi connectivity index (χ1v) is 12.4. The van der Waals surface area contributed by atoms with Gasteiger partial charge in [0.15, 0.2) is 0 Å². The molecule has 0 bridgehead atoms. The first-order chi connectivity index (χ1) is 15.4. The highest BCUT2D eigenvalue weighted by molar-refractivity contribution is 8.00. The van der Waals surface area contributed by atoms with E-state index in [1.54, 1.807) is 17.7 Å².